The zero-order chi connectivity index (χ0) is 8.48. The summed E-state index contributed by atoms with van der Waals surface area (Å²) in [5.41, 5.74) is -0.385. The van der Waals surface area contributed by atoms with Crippen LogP contribution >= 0.6 is 0 Å². The van der Waals surface area contributed by atoms with Gasteiger partial charge in [0, 0.05) is 19.1 Å². The first-order chi connectivity index (χ1) is 5.07. The number of nitrogens with zero attached hydrogens (tertiary/aromatic N) is 1. The number of aliphatic hydroxyl groups is 1. The number of β-amino-alcohol motifs (C(OH)–C–C–N with tert-alkyl or cyclic N) is 1. The molecule has 0 aliphatic carbocycles. The lowest BCUT2D eigenvalue weighted by atomic mass is 10.0. The Morgan fingerprint density at radius 2 is 2.18 bits per heavy atom. The third-order valence-electron chi connectivity index (χ3n) is 2.75. The van der Waals surface area contributed by atoms with Crippen molar-refractivity contribution in [3.8, 4) is 0 Å². The molecule has 1 aliphatic heterocycles. The predicted molar refractivity (Wildman–Crippen MR) is 46.6 cm³/mol. The van der Waals surface area contributed by atoms with Crippen molar-refractivity contribution >= 4 is 0 Å². The van der Waals surface area contributed by atoms with Gasteiger partial charge in [-0.25, -0.2) is 0 Å². The Labute approximate surface area is 69.2 Å². The normalized spacial score (nSPS) is 33.5. The van der Waals surface area contributed by atoms with E-state index in [0.717, 1.165) is 25.9 Å². The zero-order valence-corrected chi connectivity index (χ0v) is 7.80. The Morgan fingerprint density at radius 3 is 2.45 bits per heavy atom. The van der Waals surface area contributed by atoms with E-state index in [-0.39, 0.29) is 5.60 Å². The average Bonchev–Trinajstić information content (AvgIpc) is 2.33. The lowest BCUT2D eigenvalue weighted by Crippen LogP contribution is -2.35. The molecule has 0 aromatic heterocycles. The van der Waals surface area contributed by atoms with Crippen LogP contribution in [0.4, 0.5) is 0 Å². The molecule has 2 nitrogen and oxygen atoms in total. The van der Waals surface area contributed by atoms with E-state index in [4.69, 9.17) is 0 Å². The molecule has 11 heavy (non-hydrogen) atoms. The van der Waals surface area contributed by atoms with Crippen LogP contribution in [0.3, 0.4) is 0 Å². The molecular formula is C9H19NO. The molecule has 0 unspecified atom stereocenters. The largest absolute Gasteiger partial charge is 0.389 e. The van der Waals surface area contributed by atoms with Gasteiger partial charge >= 0.3 is 0 Å². The topological polar surface area (TPSA) is 23.5 Å². The minimum Gasteiger partial charge on any atom is -0.389 e. The van der Waals surface area contributed by atoms with Gasteiger partial charge in [0.2, 0.25) is 0 Å². The summed E-state index contributed by atoms with van der Waals surface area (Å²) >= 11 is 0. The van der Waals surface area contributed by atoms with Crippen LogP contribution in [0, 0.1) is 0 Å². The first-order valence-corrected chi connectivity index (χ1v) is 4.54. The first kappa shape index (κ1) is 9.01. The van der Waals surface area contributed by atoms with Crippen molar-refractivity contribution in [3.05, 3.63) is 0 Å². The van der Waals surface area contributed by atoms with Gasteiger partial charge in [-0.15, -0.1) is 0 Å². The Hall–Kier alpha value is -0.0800. The van der Waals surface area contributed by atoms with E-state index in [9.17, 15) is 5.11 Å². The quantitative estimate of drug-likeness (QED) is 0.652. The number of rotatable bonds is 2. The van der Waals surface area contributed by atoms with Crippen LogP contribution in [-0.4, -0.2) is 34.7 Å². The van der Waals surface area contributed by atoms with E-state index >= 15 is 0 Å². The fourth-order valence-corrected chi connectivity index (χ4v) is 1.62. The maximum Gasteiger partial charge on any atom is 0.0783 e. The molecule has 0 radical (unpaired) electrons. The number of hydrogen-bond donors (Lipinski definition) is 1. The Balaban J connectivity index is 2.46. The van der Waals surface area contributed by atoms with Crippen molar-refractivity contribution in [2.24, 2.45) is 0 Å². The van der Waals surface area contributed by atoms with Crippen molar-refractivity contribution in [2.45, 2.75) is 45.3 Å². The second-order valence-electron chi connectivity index (χ2n) is 3.89. The second-order valence-corrected chi connectivity index (χ2v) is 3.89. The maximum absolute atomic E-state index is 9.88. The summed E-state index contributed by atoms with van der Waals surface area (Å²) in [6, 6.07) is 0.579. The molecule has 0 amide bonds. The van der Waals surface area contributed by atoms with Crippen molar-refractivity contribution < 1.29 is 5.11 Å². The summed E-state index contributed by atoms with van der Waals surface area (Å²) in [5.74, 6) is 0. The molecule has 1 fully saturated rings. The van der Waals surface area contributed by atoms with Crippen molar-refractivity contribution in [1.29, 1.82) is 0 Å². The summed E-state index contributed by atoms with van der Waals surface area (Å²) in [6.45, 7) is 8.34. The summed E-state index contributed by atoms with van der Waals surface area (Å²) in [4.78, 5) is 2.34. The van der Waals surface area contributed by atoms with Gasteiger partial charge in [-0.1, -0.05) is 6.92 Å². The lowest BCUT2D eigenvalue weighted by Gasteiger charge is -2.24. The van der Waals surface area contributed by atoms with Gasteiger partial charge in [0.05, 0.1) is 5.60 Å². The van der Waals surface area contributed by atoms with Crippen LogP contribution in [0.2, 0.25) is 0 Å². The molecule has 1 atom stereocenters. The lowest BCUT2D eigenvalue weighted by molar-refractivity contribution is 0.0420. The first-order valence-electron chi connectivity index (χ1n) is 4.54. The van der Waals surface area contributed by atoms with E-state index in [2.05, 4.69) is 25.7 Å². The summed E-state index contributed by atoms with van der Waals surface area (Å²) < 4.78 is 0. The molecule has 1 N–H and O–H groups in total. The van der Waals surface area contributed by atoms with Crippen molar-refractivity contribution in [3.63, 3.8) is 0 Å². The second kappa shape index (κ2) is 3.11. The smallest absolute Gasteiger partial charge is 0.0783 e. The van der Waals surface area contributed by atoms with E-state index in [1.54, 1.807) is 0 Å². The molecule has 2 heteroatoms. The van der Waals surface area contributed by atoms with Crippen LogP contribution in [0.1, 0.15) is 33.6 Å². The van der Waals surface area contributed by atoms with E-state index in [0.29, 0.717) is 6.04 Å². The highest BCUT2D eigenvalue weighted by Crippen LogP contribution is 2.25. The van der Waals surface area contributed by atoms with E-state index in [1.807, 2.05) is 0 Å². The summed E-state index contributed by atoms with van der Waals surface area (Å²) in [7, 11) is 0. The van der Waals surface area contributed by atoms with Crippen molar-refractivity contribution in [1.82, 2.24) is 4.90 Å². The van der Waals surface area contributed by atoms with Crippen LogP contribution in [0.5, 0.6) is 0 Å². The highest BCUT2D eigenvalue weighted by Gasteiger charge is 2.34. The van der Waals surface area contributed by atoms with Gasteiger partial charge in [-0.05, 0) is 26.7 Å². The highest BCUT2D eigenvalue weighted by molar-refractivity contribution is 4.89. The van der Waals surface area contributed by atoms with Gasteiger partial charge < -0.3 is 5.11 Å². The number of hydrogen-bond acceptors (Lipinski definition) is 2. The molecule has 0 aromatic carbocycles. The Morgan fingerprint density at radius 1 is 1.55 bits per heavy atom. The van der Waals surface area contributed by atoms with Gasteiger partial charge in [0.1, 0.15) is 0 Å². The minimum absolute atomic E-state index is 0.385. The summed E-state index contributed by atoms with van der Waals surface area (Å²) in [5, 5.41) is 9.88. The monoisotopic (exact) mass is 157 g/mol. The van der Waals surface area contributed by atoms with Crippen molar-refractivity contribution in [2.75, 3.05) is 13.1 Å². The van der Waals surface area contributed by atoms with Gasteiger partial charge in [0.15, 0.2) is 0 Å². The molecule has 0 aromatic rings. The standard InChI is InChI=1S/C9H19NO/c1-4-9(11)5-6-10(7-9)8(2)3/h8,11H,4-7H2,1-3H3/t9-/m1/s1. The third kappa shape index (κ3) is 1.94. The number of likely N-dealkylation sites (tertiary alicyclic amines) is 1. The molecule has 1 heterocycles. The van der Waals surface area contributed by atoms with Crippen LogP contribution < -0.4 is 0 Å². The average molecular weight is 157 g/mol. The molecular weight excluding hydrogens is 138 g/mol. The molecule has 1 aliphatic rings. The molecule has 0 bridgehead atoms. The van der Waals surface area contributed by atoms with Crippen LogP contribution in [0.15, 0.2) is 0 Å². The fraction of sp³-hybridized carbons (Fsp3) is 1.00. The molecule has 0 spiro atoms. The van der Waals surface area contributed by atoms with Gasteiger partial charge in [0.25, 0.3) is 0 Å². The fourth-order valence-electron chi connectivity index (χ4n) is 1.62. The molecule has 66 valence electrons. The zero-order valence-electron chi connectivity index (χ0n) is 7.80. The van der Waals surface area contributed by atoms with Gasteiger partial charge in [-0.3, -0.25) is 4.90 Å². The molecule has 1 saturated heterocycles. The predicted octanol–water partition coefficient (Wildman–Crippen LogP) is 1.24. The summed E-state index contributed by atoms with van der Waals surface area (Å²) in [6.07, 6.45) is 1.83. The molecule has 0 saturated carbocycles. The Kier molecular flexibility index (Phi) is 2.55. The van der Waals surface area contributed by atoms with Crippen LogP contribution in [0.25, 0.3) is 0 Å². The SMILES string of the molecule is CC[C@@]1(O)CCN(C(C)C)C1. The van der Waals surface area contributed by atoms with Gasteiger partial charge in [-0.2, -0.15) is 0 Å². The van der Waals surface area contributed by atoms with E-state index < -0.39 is 0 Å². The van der Waals surface area contributed by atoms with E-state index in [1.165, 1.54) is 0 Å². The van der Waals surface area contributed by atoms with Crippen LogP contribution in [-0.2, 0) is 0 Å². The molecule has 1 rings (SSSR count). The third-order valence-corrected chi connectivity index (χ3v) is 2.75. The maximum atomic E-state index is 9.88. The Bertz CT molecular complexity index is 136. The minimum atomic E-state index is -0.385. The highest BCUT2D eigenvalue weighted by atomic mass is 16.3.